The number of nitriles is 1. The summed E-state index contributed by atoms with van der Waals surface area (Å²) in [6, 6.07) is 17.2. The minimum atomic E-state index is -0.377. The molecule has 2 aromatic carbocycles. The molecule has 0 aliphatic heterocycles. The zero-order valence-corrected chi connectivity index (χ0v) is 19.0. The standard InChI is InChI=1S/C26H24N4O3/c1-5-32-26(31)24-17(3)30(4)23-11-10-19(14-20(23)24)33-25-21(15-27)22(12-13-28-25)29-18-8-6-16(2)7-9-18/h6-14H,5H2,1-4H3,(H,28,29). The predicted molar refractivity (Wildman–Crippen MR) is 127 cm³/mol. The smallest absolute Gasteiger partial charge is 0.340 e. The predicted octanol–water partition coefficient (Wildman–Crippen LogP) is 5.77. The average molecular weight is 441 g/mol. The van der Waals surface area contributed by atoms with Gasteiger partial charge in [0.25, 0.3) is 0 Å². The van der Waals surface area contributed by atoms with Crippen LogP contribution in [0.1, 0.15) is 34.1 Å². The molecule has 0 saturated heterocycles. The summed E-state index contributed by atoms with van der Waals surface area (Å²) in [7, 11) is 1.90. The third kappa shape index (κ3) is 4.23. The van der Waals surface area contributed by atoms with Crippen LogP contribution in [0.2, 0.25) is 0 Å². The first-order chi connectivity index (χ1) is 15.9. The lowest BCUT2D eigenvalue weighted by molar-refractivity contribution is 0.0527. The van der Waals surface area contributed by atoms with Crippen molar-refractivity contribution in [1.29, 1.82) is 5.26 Å². The van der Waals surface area contributed by atoms with Gasteiger partial charge in [-0.15, -0.1) is 0 Å². The summed E-state index contributed by atoms with van der Waals surface area (Å²) >= 11 is 0. The highest BCUT2D eigenvalue weighted by molar-refractivity contribution is 6.06. The summed E-state index contributed by atoms with van der Waals surface area (Å²) in [6.45, 7) is 5.96. The van der Waals surface area contributed by atoms with E-state index in [1.807, 2.05) is 55.8 Å². The normalized spacial score (nSPS) is 10.6. The van der Waals surface area contributed by atoms with Crippen LogP contribution in [0.15, 0.2) is 54.7 Å². The molecule has 0 atom stereocenters. The first kappa shape index (κ1) is 21.9. The van der Waals surface area contributed by atoms with Crippen molar-refractivity contribution in [2.45, 2.75) is 20.8 Å². The van der Waals surface area contributed by atoms with Crippen LogP contribution in [0.5, 0.6) is 11.6 Å². The Morgan fingerprint density at radius 3 is 2.61 bits per heavy atom. The number of aromatic nitrogens is 2. The molecule has 2 heterocycles. The van der Waals surface area contributed by atoms with Gasteiger partial charge in [0.15, 0.2) is 0 Å². The number of esters is 1. The fourth-order valence-electron chi connectivity index (χ4n) is 3.71. The molecule has 7 heteroatoms. The van der Waals surface area contributed by atoms with Crippen molar-refractivity contribution in [3.8, 4) is 17.7 Å². The van der Waals surface area contributed by atoms with Crippen LogP contribution in [0, 0.1) is 25.2 Å². The molecule has 0 spiro atoms. The third-order valence-electron chi connectivity index (χ3n) is 5.52. The van der Waals surface area contributed by atoms with Crippen LogP contribution in [-0.2, 0) is 11.8 Å². The SMILES string of the molecule is CCOC(=O)c1c(C)n(C)c2ccc(Oc3nccc(Nc4ccc(C)cc4)c3C#N)cc12. The number of nitrogens with one attached hydrogen (secondary N) is 1. The van der Waals surface area contributed by atoms with E-state index in [0.29, 0.717) is 23.6 Å². The molecule has 0 fully saturated rings. The number of pyridine rings is 1. The molecule has 4 rings (SSSR count). The lowest BCUT2D eigenvalue weighted by atomic mass is 10.1. The van der Waals surface area contributed by atoms with Crippen molar-refractivity contribution in [2.75, 3.05) is 11.9 Å². The average Bonchev–Trinajstić information content (AvgIpc) is 3.05. The van der Waals surface area contributed by atoms with Gasteiger partial charge in [0.2, 0.25) is 5.88 Å². The number of carbonyl (C=O) groups excluding carboxylic acids is 1. The molecule has 2 aromatic heterocycles. The molecule has 0 unspecified atom stereocenters. The number of fused-ring (bicyclic) bond motifs is 1. The van der Waals surface area contributed by atoms with E-state index in [2.05, 4.69) is 16.4 Å². The fraction of sp³-hybridized carbons (Fsp3) is 0.192. The van der Waals surface area contributed by atoms with Gasteiger partial charge in [-0.05, 0) is 57.2 Å². The number of nitrogens with zero attached hydrogens (tertiary/aromatic N) is 3. The summed E-state index contributed by atoms with van der Waals surface area (Å²) in [5.74, 6) is 0.271. The summed E-state index contributed by atoms with van der Waals surface area (Å²) in [4.78, 5) is 16.8. The highest BCUT2D eigenvalue weighted by Gasteiger charge is 2.21. The van der Waals surface area contributed by atoms with E-state index in [-0.39, 0.29) is 17.4 Å². The second-order valence-corrected chi connectivity index (χ2v) is 7.66. The zero-order chi connectivity index (χ0) is 23.5. The first-order valence-electron chi connectivity index (χ1n) is 10.6. The van der Waals surface area contributed by atoms with Crippen LogP contribution in [-0.4, -0.2) is 22.1 Å². The molecule has 0 saturated carbocycles. The van der Waals surface area contributed by atoms with Gasteiger partial charge in [0.05, 0.1) is 17.9 Å². The molecular formula is C26H24N4O3. The van der Waals surface area contributed by atoms with Gasteiger partial charge in [-0.3, -0.25) is 0 Å². The zero-order valence-electron chi connectivity index (χ0n) is 19.0. The number of hydrogen-bond acceptors (Lipinski definition) is 6. The van der Waals surface area contributed by atoms with E-state index in [1.54, 1.807) is 31.3 Å². The van der Waals surface area contributed by atoms with Crippen molar-refractivity contribution in [1.82, 2.24) is 9.55 Å². The van der Waals surface area contributed by atoms with Crippen LogP contribution in [0.25, 0.3) is 10.9 Å². The van der Waals surface area contributed by atoms with Gasteiger partial charge in [-0.2, -0.15) is 5.26 Å². The fourth-order valence-corrected chi connectivity index (χ4v) is 3.71. The maximum absolute atomic E-state index is 12.6. The number of rotatable bonds is 6. The lowest BCUT2D eigenvalue weighted by Crippen LogP contribution is -2.06. The molecule has 0 aliphatic carbocycles. The molecule has 0 amide bonds. The Morgan fingerprint density at radius 2 is 1.91 bits per heavy atom. The first-order valence-corrected chi connectivity index (χ1v) is 10.6. The number of ether oxygens (including phenoxy) is 2. The van der Waals surface area contributed by atoms with Crippen molar-refractivity contribution in [2.24, 2.45) is 7.05 Å². The number of aryl methyl sites for hydroxylation is 2. The minimum absolute atomic E-state index is 0.180. The number of carbonyl (C=O) groups is 1. The Kier molecular flexibility index (Phi) is 6.01. The monoisotopic (exact) mass is 440 g/mol. The van der Waals surface area contributed by atoms with E-state index in [1.165, 1.54) is 0 Å². The molecule has 4 aromatic rings. The molecule has 166 valence electrons. The lowest BCUT2D eigenvalue weighted by Gasteiger charge is -2.12. The quantitative estimate of drug-likeness (QED) is 0.383. The summed E-state index contributed by atoms with van der Waals surface area (Å²) in [6.07, 6.45) is 1.59. The van der Waals surface area contributed by atoms with Crippen molar-refractivity contribution in [3.05, 3.63) is 77.1 Å². The van der Waals surface area contributed by atoms with E-state index in [4.69, 9.17) is 9.47 Å². The maximum atomic E-state index is 12.6. The molecule has 1 N–H and O–H groups in total. The van der Waals surface area contributed by atoms with E-state index in [9.17, 15) is 10.1 Å². The number of benzene rings is 2. The number of hydrogen-bond donors (Lipinski definition) is 1. The van der Waals surface area contributed by atoms with E-state index < -0.39 is 0 Å². The van der Waals surface area contributed by atoms with Crippen LogP contribution >= 0.6 is 0 Å². The molecule has 0 bridgehead atoms. The molecule has 0 aliphatic rings. The Hall–Kier alpha value is -4.31. The summed E-state index contributed by atoms with van der Waals surface area (Å²) in [5, 5.41) is 13.8. The van der Waals surface area contributed by atoms with Gasteiger partial charge in [0, 0.05) is 35.5 Å². The van der Waals surface area contributed by atoms with Crippen LogP contribution in [0.3, 0.4) is 0 Å². The highest BCUT2D eigenvalue weighted by atomic mass is 16.5. The van der Waals surface area contributed by atoms with Crippen LogP contribution in [0.4, 0.5) is 11.4 Å². The van der Waals surface area contributed by atoms with Crippen molar-refractivity contribution >= 4 is 28.2 Å². The van der Waals surface area contributed by atoms with Gasteiger partial charge in [0.1, 0.15) is 17.4 Å². The second-order valence-electron chi connectivity index (χ2n) is 7.66. The Bertz CT molecular complexity index is 1380. The minimum Gasteiger partial charge on any atom is -0.462 e. The number of anilines is 2. The Labute approximate surface area is 192 Å². The molecule has 7 nitrogen and oxygen atoms in total. The summed E-state index contributed by atoms with van der Waals surface area (Å²) < 4.78 is 13.2. The van der Waals surface area contributed by atoms with Gasteiger partial charge in [-0.1, -0.05) is 17.7 Å². The highest BCUT2D eigenvalue weighted by Crippen LogP contribution is 2.33. The van der Waals surface area contributed by atoms with Gasteiger partial charge in [-0.25, -0.2) is 9.78 Å². The van der Waals surface area contributed by atoms with Gasteiger partial charge < -0.3 is 19.4 Å². The van der Waals surface area contributed by atoms with Crippen molar-refractivity contribution < 1.29 is 14.3 Å². The maximum Gasteiger partial charge on any atom is 0.340 e. The van der Waals surface area contributed by atoms with E-state index >= 15 is 0 Å². The Morgan fingerprint density at radius 1 is 1.15 bits per heavy atom. The topological polar surface area (TPSA) is 89.2 Å². The van der Waals surface area contributed by atoms with Crippen LogP contribution < -0.4 is 10.1 Å². The molecule has 33 heavy (non-hydrogen) atoms. The third-order valence-corrected chi connectivity index (χ3v) is 5.52. The van der Waals surface area contributed by atoms with E-state index in [0.717, 1.165) is 27.8 Å². The summed E-state index contributed by atoms with van der Waals surface area (Å²) in [5.41, 5.74) is 5.07. The second kappa shape index (κ2) is 9.05. The molecular weight excluding hydrogens is 416 g/mol. The van der Waals surface area contributed by atoms with Gasteiger partial charge >= 0.3 is 5.97 Å². The van der Waals surface area contributed by atoms with Crippen molar-refractivity contribution in [3.63, 3.8) is 0 Å². The largest absolute Gasteiger partial charge is 0.462 e. The Balaban J connectivity index is 1.71. The molecule has 0 radical (unpaired) electrons.